The largest absolute Gasteiger partial charge is 0.378 e. The summed E-state index contributed by atoms with van der Waals surface area (Å²) < 4.78 is 48.1. The Bertz CT molecular complexity index is 1170. The third-order valence-corrected chi connectivity index (χ3v) is 7.13. The highest BCUT2D eigenvalue weighted by Gasteiger charge is 2.24. The van der Waals surface area contributed by atoms with Crippen LogP contribution in [0.4, 0.5) is 24.9 Å². The number of anilines is 2. The fourth-order valence-electron chi connectivity index (χ4n) is 5.14. The van der Waals surface area contributed by atoms with Crippen LogP contribution in [0.15, 0.2) is 30.3 Å². The smallest absolute Gasteiger partial charge is 0.296 e. The van der Waals surface area contributed by atoms with Crippen molar-refractivity contribution in [2.75, 3.05) is 49.6 Å². The van der Waals surface area contributed by atoms with E-state index in [9.17, 15) is 13.2 Å². The molecular weight excluding hydrogens is 483 g/mol. The molecule has 2 aliphatic rings. The van der Waals surface area contributed by atoms with E-state index in [0.29, 0.717) is 80.0 Å². The molecule has 0 spiro atoms. The van der Waals surface area contributed by atoms with E-state index in [2.05, 4.69) is 25.5 Å². The van der Waals surface area contributed by atoms with Crippen LogP contribution in [0.5, 0.6) is 0 Å². The van der Waals surface area contributed by atoms with Crippen LogP contribution in [0.2, 0.25) is 0 Å². The molecule has 37 heavy (non-hydrogen) atoms. The number of nitrogens with zero attached hydrogens (tertiary/aromatic N) is 5. The molecular formula is C26H34F3N7O. The van der Waals surface area contributed by atoms with E-state index in [1.807, 2.05) is 0 Å². The predicted octanol–water partition coefficient (Wildman–Crippen LogP) is 4.51. The first-order valence-electron chi connectivity index (χ1n) is 13.1. The van der Waals surface area contributed by atoms with Crippen LogP contribution in [0.25, 0.3) is 16.9 Å². The number of aromatic nitrogens is 4. The van der Waals surface area contributed by atoms with E-state index in [4.69, 9.17) is 9.72 Å². The van der Waals surface area contributed by atoms with Gasteiger partial charge >= 0.3 is 0 Å². The number of para-hydroxylation sites is 2. The van der Waals surface area contributed by atoms with Crippen LogP contribution >= 0.6 is 0 Å². The van der Waals surface area contributed by atoms with Crippen LogP contribution in [-0.2, 0) is 4.74 Å². The standard InChI is InChI=1S/C26H34F3N7O/c1-17(27)15-30-19-8-6-18(7-9-19)16-31-26-33-22(35-10-12-37-13-11-35)14-23(34-26)36-21-5-3-2-4-20(21)32-25(36)24(28)29/h2-5,14,17-19,24,30H,6-13,15-16H2,1H3,(H,31,33,34). The summed E-state index contributed by atoms with van der Waals surface area (Å²) in [7, 11) is 0. The van der Waals surface area contributed by atoms with E-state index >= 15 is 0 Å². The zero-order chi connectivity index (χ0) is 25.8. The van der Waals surface area contributed by atoms with Gasteiger partial charge in [-0.2, -0.15) is 9.97 Å². The van der Waals surface area contributed by atoms with Crippen molar-refractivity contribution in [3.63, 3.8) is 0 Å². The molecule has 1 aromatic carbocycles. The second-order valence-corrected chi connectivity index (χ2v) is 9.89. The van der Waals surface area contributed by atoms with Gasteiger partial charge in [0.05, 0.1) is 24.2 Å². The van der Waals surface area contributed by atoms with Crippen molar-refractivity contribution in [3.8, 4) is 5.82 Å². The maximum absolute atomic E-state index is 14.0. The average molecular weight is 518 g/mol. The molecule has 1 aliphatic carbocycles. The minimum atomic E-state index is -2.75. The van der Waals surface area contributed by atoms with Crippen LogP contribution < -0.4 is 15.5 Å². The molecule has 2 aromatic heterocycles. The van der Waals surface area contributed by atoms with Gasteiger partial charge in [-0.25, -0.2) is 18.2 Å². The van der Waals surface area contributed by atoms with Gasteiger partial charge in [0.15, 0.2) is 5.82 Å². The first-order chi connectivity index (χ1) is 18.0. The Balaban J connectivity index is 1.39. The lowest BCUT2D eigenvalue weighted by Gasteiger charge is -2.30. The number of nitrogens with one attached hydrogen (secondary N) is 2. The minimum Gasteiger partial charge on any atom is -0.378 e. The molecule has 0 radical (unpaired) electrons. The Kier molecular flexibility index (Phi) is 8.09. The highest BCUT2D eigenvalue weighted by atomic mass is 19.3. The van der Waals surface area contributed by atoms with Crippen LogP contribution in [0.1, 0.15) is 44.9 Å². The third-order valence-electron chi connectivity index (χ3n) is 7.13. The van der Waals surface area contributed by atoms with Gasteiger partial charge in [0.1, 0.15) is 17.8 Å². The Morgan fingerprint density at radius 2 is 1.73 bits per heavy atom. The summed E-state index contributed by atoms with van der Waals surface area (Å²) in [6.45, 7) is 5.13. The number of benzene rings is 1. The van der Waals surface area contributed by atoms with Gasteiger partial charge in [0, 0.05) is 38.3 Å². The van der Waals surface area contributed by atoms with Crippen LogP contribution in [0, 0.1) is 5.92 Å². The van der Waals surface area contributed by atoms with Crippen molar-refractivity contribution < 1.29 is 17.9 Å². The molecule has 0 bridgehead atoms. The van der Waals surface area contributed by atoms with Crippen LogP contribution in [-0.4, -0.2) is 71.1 Å². The van der Waals surface area contributed by atoms with Gasteiger partial charge in [-0.05, 0) is 50.7 Å². The van der Waals surface area contributed by atoms with Gasteiger partial charge in [-0.15, -0.1) is 0 Å². The summed E-state index contributed by atoms with van der Waals surface area (Å²) in [5.41, 5.74) is 1.06. The molecule has 1 unspecified atom stereocenters. The van der Waals surface area contributed by atoms with Gasteiger partial charge in [0.25, 0.3) is 6.43 Å². The molecule has 1 aliphatic heterocycles. The lowest BCUT2D eigenvalue weighted by atomic mass is 9.86. The highest BCUT2D eigenvalue weighted by molar-refractivity contribution is 5.78. The molecule has 200 valence electrons. The molecule has 2 N–H and O–H groups in total. The zero-order valence-corrected chi connectivity index (χ0v) is 21.0. The second-order valence-electron chi connectivity index (χ2n) is 9.89. The van der Waals surface area contributed by atoms with E-state index in [1.165, 1.54) is 4.57 Å². The number of hydrogen-bond donors (Lipinski definition) is 2. The molecule has 0 amide bonds. The monoisotopic (exact) mass is 517 g/mol. The zero-order valence-electron chi connectivity index (χ0n) is 21.0. The minimum absolute atomic E-state index is 0.341. The Labute approximate surface area is 214 Å². The second kappa shape index (κ2) is 11.6. The van der Waals surface area contributed by atoms with Crippen molar-refractivity contribution >= 4 is 22.8 Å². The SMILES string of the molecule is CC(F)CNC1CCC(CNc2nc(N3CCOCC3)cc(-n3c(C(F)F)nc4ccccc43)n2)CC1. The summed E-state index contributed by atoms with van der Waals surface area (Å²) in [6, 6.07) is 9.18. The van der Waals surface area contributed by atoms with E-state index < -0.39 is 12.6 Å². The maximum Gasteiger partial charge on any atom is 0.296 e. The number of alkyl halides is 3. The van der Waals surface area contributed by atoms with E-state index in [1.54, 1.807) is 37.3 Å². The van der Waals surface area contributed by atoms with Crippen molar-refractivity contribution in [2.45, 2.75) is 51.2 Å². The molecule has 1 saturated heterocycles. The molecule has 2 fully saturated rings. The average Bonchev–Trinajstić information content (AvgIpc) is 3.32. The number of hydrogen-bond acceptors (Lipinski definition) is 7. The molecule has 8 nitrogen and oxygen atoms in total. The number of halogens is 3. The normalized spacial score (nSPS) is 21.5. The van der Waals surface area contributed by atoms with Gasteiger partial charge < -0.3 is 20.3 Å². The van der Waals surface area contributed by atoms with Gasteiger partial charge in [-0.3, -0.25) is 4.57 Å². The fraction of sp³-hybridized carbons (Fsp3) is 0.577. The lowest BCUT2D eigenvalue weighted by molar-refractivity contribution is 0.122. The van der Waals surface area contributed by atoms with Crippen molar-refractivity contribution in [2.24, 2.45) is 5.92 Å². The Morgan fingerprint density at radius 1 is 1.00 bits per heavy atom. The number of fused-ring (bicyclic) bond motifs is 1. The number of ether oxygens (including phenoxy) is 1. The van der Waals surface area contributed by atoms with Gasteiger partial charge in [0.2, 0.25) is 5.95 Å². The summed E-state index contributed by atoms with van der Waals surface area (Å²) in [4.78, 5) is 15.7. The fourth-order valence-corrected chi connectivity index (χ4v) is 5.14. The van der Waals surface area contributed by atoms with E-state index in [-0.39, 0.29) is 5.82 Å². The lowest BCUT2D eigenvalue weighted by Crippen LogP contribution is -2.37. The van der Waals surface area contributed by atoms with Crippen molar-refractivity contribution in [1.29, 1.82) is 0 Å². The van der Waals surface area contributed by atoms with Crippen molar-refractivity contribution in [1.82, 2.24) is 24.8 Å². The number of imidazole rings is 1. The maximum atomic E-state index is 14.0. The summed E-state index contributed by atoms with van der Waals surface area (Å²) >= 11 is 0. The number of morpholine rings is 1. The van der Waals surface area contributed by atoms with Crippen molar-refractivity contribution in [3.05, 3.63) is 36.2 Å². The first-order valence-corrected chi connectivity index (χ1v) is 13.1. The molecule has 1 saturated carbocycles. The first kappa shape index (κ1) is 25.7. The summed E-state index contributed by atoms with van der Waals surface area (Å²) in [6.07, 6.45) is 0.430. The molecule has 5 rings (SSSR count). The third kappa shape index (κ3) is 6.15. The number of rotatable bonds is 9. The Morgan fingerprint density at radius 3 is 2.46 bits per heavy atom. The van der Waals surface area contributed by atoms with Crippen LogP contribution in [0.3, 0.4) is 0 Å². The molecule has 3 heterocycles. The predicted molar refractivity (Wildman–Crippen MR) is 137 cm³/mol. The summed E-state index contributed by atoms with van der Waals surface area (Å²) in [5.74, 6) is 1.53. The van der Waals surface area contributed by atoms with Gasteiger partial charge in [-0.1, -0.05) is 12.1 Å². The molecule has 11 heteroatoms. The molecule has 3 aromatic rings. The highest BCUT2D eigenvalue weighted by Crippen LogP contribution is 2.30. The molecule has 1 atom stereocenters. The van der Waals surface area contributed by atoms with E-state index in [0.717, 1.165) is 25.7 Å². The quantitative estimate of drug-likeness (QED) is 0.432. The topological polar surface area (TPSA) is 80.1 Å². The Hall–Kier alpha value is -2.92. The summed E-state index contributed by atoms with van der Waals surface area (Å²) in [5, 5.41) is 6.68.